The number of allylic oxidation sites excluding steroid dienone is 1. The van der Waals surface area contributed by atoms with E-state index in [9.17, 15) is 0 Å². The summed E-state index contributed by atoms with van der Waals surface area (Å²) in [4.78, 5) is 0. The van der Waals surface area contributed by atoms with Crippen molar-refractivity contribution in [2.24, 2.45) is 0 Å². The third kappa shape index (κ3) is 1.74. The molecule has 1 rings (SSSR count). The normalized spacial score (nSPS) is 10.1. The van der Waals surface area contributed by atoms with Gasteiger partial charge in [0.25, 0.3) is 0 Å². The van der Waals surface area contributed by atoms with Gasteiger partial charge in [-0.15, -0.1) is 0 Å². The maximum Gasteiger partial charge on any atom is 0.0346 e. The highest BCUT2D eigenvalue weighted by molar-refractivity contribution is 5.69. The van der Waals surface area contributed by atoms with Gasteiger partial charge in [-0.05, 0) is 43.0 Å². The molecule has 0 saturated carbocycles. The molecule has 0 unspecified atom stereocenters. The van der Waals surface area contributed by atoms with E-state index in [0.717, 1.165) is 17.7 Å². The van der Waals surface area contributed by atoms with Crippen LogP contribution in [0.2, 0.25) is 0 Å². The Bertz CT molecular complexity index is 337. The first-order chi connectivity index (χ1) is 6.07. The van der Waals surface area contributed by atoms with Gasteiger partial charge >= 0.3 is 0 Å². The van der Waals surface area contributed by atoms with E-state index in [0.29, 0.717) is 0 Å². The molecule has 0 spiro atoms. The first-order valence-electron chi connectivity index (χ1n) is 4.61. The molecule has 0 aliphatic heterocycles. The van der Waals surface area contributed by atoms with Crippen LogP contribution < -0.4 is 5.73 Å². The van der Waals surface area contributed by atoms with Crippen molar-refractivity contribution in [2.45, 2.75) is 27.2 Å². The van der Waals surface area contributed by atoms with Crippen molar-refractivity contribution in [2.75, 3.05) is 5.73 Å². The lowest BCUT2D eigenvalue weighted by Gasteiger charge is -2.12. The van der Waals surface area contributed by atoms with E-state index in [-0.39, 0.29) is 0 Å². The van der Waals surface area contributed by atoms with Crippen molar-refractivity contribution in [3.8, 4) is 0 Å². The minimum atomic E-state index is 0.877. The summed E-state index contributed by atoms with van der Waals surface area (Å²) in [5, 5.41) is 0. The molecular weight excluding hydrogens is 158 g/mol. The fraction of sp³-hybridized carbons (Fsp3) is 0.333. The first kappa shape index (κ1) is 9.85. The van der Waals surface area contributed by atoms with Gasteiger partial charge in [0.05, 0.1) is 0 Å². The van der Waals surface area contributed by atoms with E-state index in [1.165, 1.54) is 16.7 Å². The maximum atomic E-state index is 5.84. The Morgan fingerprint density at radius 2 is 2.08 bits per heavy atom. The summed E-state index contributed by atoms with van der Waals surface area (Å²) in [6.07, 6.45) is 1.01. The summed E-state index contributed by atoms with van der Waals surface area (Å²) < 4.78 is 0. The van der Waals surface area contributed by atoms with E-state index in [4.69, 9.17) is 5.73 Å². The molecule has 0 aromatic heterocycles. The van der Waals surface area contributed by atoms with Crippen LogP contribution in [0.3, 0.4) is 0 Å². The zero-order valence-corrected chi connectivity index (χ0v) is 8.65. The van der Waals surface area contributed by atoms with Gasteiger partial charge in [-0.25, -0.2) is 0 Å². The molecule has 0 aliphatic rings. The Morgan fingerprint density at radius 3 is 2.54 bits per heavy atom. The van der Waals surface area contributed by atoms with Crippen LogP contribution in [0.15, 0.2) is 18.7 Å². The van der Waals surface area contributed by atoms with Crippen LogP contribution in [0.25, 0.3) is 5.57 Å². The minimum Gasteiger partial charge on any atom is -0.399 e. The van der Waals surface area contributed by atoms with Crippen LogP contribution in [0.1, 0.15) is 30.5 Å². The fourth-order valence-corrected chi connectivity index (χ4v) is 1.63. The predicted octanol–water partition coefficient (Wildman–Crippen LogP) is 3.17. The Hall–Kier alpha value is -1.24. The van der Waals surface area contributed by atoms with Gasteiger partial charge in [0.15, 0.2) is 0 Å². The summed E-state index contributed by atoms with van der Waals surface area (Å²) in [7, 11) is 0. The van der Waals surface area contributed by atoms with Crippen LogP contribution in [-0.2, 0) is 6.42 Å². The van der Waals surface area contributed by atoms with Crippen LogP contribution in [0, 0.1) is 6.92 Å². The van der Waals surface area contributed by atoms with E-state index >= 15 is 0 Å². The van der Waals surface area contributed by atoms with Crippen LogP contribution >= 0.6 is 0 Å². The second-order valence-electron chi connectivity index (χ2n) is 3.44. The summed E-state index contributed by atoms with van der Waals surface area (Å²) in [6.45, 7) is 10.2. The Kier molecular flexibility index (Phi) is 2.76. The molecule has 0 aliphatic carbocycles. The molecule has 70 valence electrons. The summed E-state index contributed by atoms with van der Waals surface area (Å²) in [5.41, 5.74) is 11.6. The average molecular weight is 175 g/mol. The summed E-state index contributed by atoms with van der Waals surface area (Å²) in [5.74, 6) is 0. The third-order valence-electron chi connectivity index (χ3n) is 2.45. The predicted molar refractivity (Wildman–Crippen MR) is 59.7 cm³/mol. The number of anilines is 1. The average Bonchev–Trinajstić information content (AvgIpc) is 2.09. The van der Waals surface area contributed by atoms with Crippen molar-refractivity contribution in [1.82, 2.24) is 0 Å². The molecule has 0 bridgehead atoms. The molecular formula is C12H17N. The molecule has 1 aromatic rings. The number of nitrogens with two attached hydrogens (primary N) is 1. The van der Waals surface area contributed by atoms with Crippen molar-refractivity contribution in [3.05, 3.63) is 35.4 Å². The topological polar surface area (TPSA) is 26.0 Å². The number of hydrogen-bond acceptors (Lipinski definition) is 1. The minimum absolute atomic E-state index is 0.877. The van der Waals surface area contributed by atoms with Crippen molar-refractivity contribution < 1.29 is 0 Å². The maximum absolute atomic E-state index is 5.84. The molecule has 0 heterocycles. The number of rotatable bonds is 2. The second kappa shape index (κ2) is 3.65. The van der Waals surface area contributed by atoms with Gasteiger partial charge in [-0.1, -0.05) is 25.1 Å². The second-order valence-corrected chi connectivity index (χ2v) is 3.44. The molecule has 0 saturated heterocycles. The van der Waals surface area contributed by atoms with Gasteiger partial charge < -0.3 is 5.73 Å². The highest BCUT2D eigenvalue weighted by Gasteiger charge is 2.06. The SMILES string of the molecule is C=C(C)c1ccc(N)c(C)c1CC. The van der Waals surface area contributed by atoms with Crippen molar-refractivity contribution in [1.29, 1.82) is 0 Å². The van der Waals surface area contributed by atoms with Gasteiger partial charge in [-0.2, -0.15) is 0 Å². The summed E-state index contributed by atoms with van der Waals surface area (Å²) >= 11 is 0. The molecule has 13 heavy (non-hydrogen) atoms. The standard InChI is InChI=1S/C12H17N/c1-5-10-9(4)12(13)7-6-11(10)8(2)3/h6-7H,2,5,13H2,1,3-4H3. The first-order valence-corrected chi connectivity index (χ1v) is 4.61. The summed E-state index contributed by atoms with van der Waals surface area (Å²) in [6, 6.07) is 4.02. The third-order valence-corrected chi connectivity index (χ3v) is 2.45. The molecule has 0 radical (unpaired) electrons. The molecule has 1 aromatic carbocycles. The van der Waals surface area contributed by atoms with Crippen molar-refractivity contribution in [3.63, 3.8) is 0 Å². The molecule has 1 nitrogen and oxygen atoms in total. The lowest BCUT2D eigenvalue weighted by atomic mass is 9.94. The van der Waals surface area contributed by atoms with E-state index in [2.05, 4.69) is 26.5 Å². The Balaban J connectivity index is 3.38. The zero-order chi connectivity index (χ0) is 10.0. The fourth-order valence-electron chi connectivity index (χ4n) is 1.63. The highest BCUT2D eigenvalue weighted by atomic mass is 14.6. The van der Waals surface area contributed by atoms with Gasteiger partial charge in [0.2, 0.25) is 0 Å². The van der Waals surface area contributed by atoms with Gasteiger partial charge in [0.1, 0.15) is 0 Å². The van der Waals surface area contributed by atoms with Gasteiger partial charge in [-0.3, -0.25) is 0 Å². The number of hydrogen-bond donors (Lipinski definition) is 1. The number of benzene rings is 1. The molecule has 0 fully saturated rings. The number of nitrogen functional groups attached to an aromatic ring is 1. The van der Waals surface area contributed by atoms with E-state index in [1.807, 2.05) is 13.0 Å². The molecule has 1 heteroatoms. The lowest BCUT2D eigenvalue weighted by molar-refractivity contribution is 1.10. The largest absolute Gasteiger partial charge is 0.399 e. The monoisotopic (exact) mass is 175 g/mol. The Morgan fingerprint density at radius 1 is 1.46 bits per heavy atom. The van der Waals surface area contributed by atoms with Crippen LogP contribution in [-0.4, -0.2) is 0 Å². The van der Waals surface area contributed by atoms with Crippen molar-refractivity contribution >= 4 is 11.3 Å². The molecule has 0 atom stereocenters. The highest BCUT2D eigenvalue weighted by Crippen LogP contribution is 2.25. The van der Waals surface area contributed by atoms with E-state index < -0.39 is 0 Å². The smallest absolute Gasteiger partial charge is 0.0346 e. The molecule has 0 amide bonds. The van der Waals surface area contributed by atoms with Gasteiger partial charge in [0, 0.05) is 5.69 Å². The van der Waals surface area contributed by atoms with E-state index in [1.54, 1.807) is 0 Å². The van der Waals surface area contributed by atoms with Crippen LogP contribution in [0.4, 0.5) is 5.69 Å². The molecule has 2 N–H and O–H groups in total. The quantitative estimate of drug-likeness (QED) is 0.686. The lowest BCUT2D eigenvalue weighted by Crippen LogP contribution is -1.98. The van der Waals surface area contributed by atoms with Crippen LogP contribution in [0.5, 0.6) is 0 Å². The zero-order valence-electron chi connectivity index (χ0n) is 8.65. The Labute approximate surface area is 80.3 Å².